The quantitative estimate of drug-likeness (QED) is 0.794. The molecule has 0 radical (unpaired) electrons. The normalized spacial score (nSPS) is 10.2. The molecule has 0 aliphatic rings. The van der Waals surface area contributed by atoms with E-state index in [1.807, 2.05) is 18.2 Å². The summed E-state index contributed by atoms with van der Waals surface area (Å²) in [6.45, 7) is 0. The highest BCUT2D eigenvalue weighted by molar-refractivity contribution is 6.30. The van der Waals surface area contributed by atoms with Crippen LogP contribution in [-0.2, 0) is 0 Å². The average Bonchev–Trinajstić information content (AvgIpc) is 2.58. The monoisotopic (exact) mass is 309 g/mol. The van der Waals surface area contributed by atoms with Gasteiger partial charge in [-0.2, -0.15) is 0 Å². The molecular formula is C17H12ClN3O. The standard InChI is InChI=1S/C17H12ClN3O/c18-13-4-6-14(7-5-13)21-17(22)12-8-10-20-16(11-12)15-3-1-2-9-19-15/h1-11H,(H,21,22). The highest BCUT2D eigenvalue weighted by Crippen LogP contribution is 2.17. The van der Waals surface area contributed by atoms with Gasteiger partial charge in [0.1, 0.15) is 0 Å². The first-order valence-electron chi connectivity index (χ1n) is 6.67. The van der Waals surface area contributed by atoms with Crippen LogP contribution in [0.1, 0.15) is 10.4 Å². The largest absolute Gasteiger partial charge is 0.322 e. The molecule has 0 fully saturated rings. The van der Waals surface area contributed by atoms with Crippen molar-refractivity contribution in [3.8, 4) is 11.4 Å². The highest BCUT2D eigenvalue weighted by atomic mass is 35.5. The van der Waals surface area contributed by atoms with Crippen molar-refractivity contribution in [2.24, 2.45) is 0 Å². The van der Waals surface area contributed by atoms with Crippen molar-refractivity contribution in [2.45, 2.75) is 0 Å². The van der Waals surface area contributed by atoms with Crippen LogP contribution in [-0.4, -0.2) is 15.9 Å². The van der Waals surface area contributed by atoms with Crippen LogP contribution < -0.4 is 5.32 Å². The van der Waals surface area contributed by atoms with Crippen molar-refractivity contribution in [2.75, 3.05) is 5.32 Å². The van der Waals surface area contributed by atoms with E-state index in [9.17, 15) is 4.79 Å². The molecule has 0 aliphatic carbocycles. The maximum absolute atomic E-state index is 12.3. The molecule has 0 spiro atoms. The average molecular weight is 310 g/mol. The lowest BCUT2D eigenvalue weighted by Gasteiger charge is -2.06. The number of anilines is 1. The predicted molar refractivity (Wildman–Crippen MR) is 86.9 cm³/mol. The number of nitrogens with one attached hydrogen (secondary N) is 1. The van der Waals surface area contributed by atoms with Gasteiger partial charge in [-0.15, -0.1) is 0 Å². The van der Waals surface area contributed by atoms with Gasteiger partial charge in [-0.25, -0.2) is 0 Å². The molecule has 108 valence electrons. The molecule has 3 aromatic rings. The molecule has 4 nitrogen and oxygen atoms in total. The van der Waals surface area contributed by atoms with E-state index < -0.39 is 0 Å². The Morgan fingerprint density at radius 2 is 1.68 bits per heavy atom. The third-order valence-corrected chi connectivity index (χ3v) is 3.30. The maximum Gasteiger partial charge on any atom is 0.255 e. The Labute approximate surface area is 132 Å². The van der Waals surface area contributed by atoms with Gasteiger partial charge in [-0.3, -0.25) is 14.8 Å². The van der Waals surface area contributed by atoms with E-state index in [2.05, 4.69) is 15.3 Å². The topological polar surface area (TPSA) is 54.9 Å². The van der Waals surface area contributed by atoms with Crippen LogP contribution in [0.15, 0.2) is 67.0 Å². The van der Waals surface area contributed by atoms with Gasteiger partial charge in [-0.1, -0.05) is 17.7 Å². The van der Waals surface area contributed by atoms with Crippen molar-refractivity contribution in [3.05, 3.63) is 77.6 Å². The van der Waals surface area contributed by atoms with E-state index in [4.69, 9.17) is 11.6 Å². The number of benzene rings is 1. The molecule has 1 amide bonds. The van der Waals surface area contributed by atoms with Crippen molar-refractivity contribution in [1.29, 1.82) is 0 Å². The summed E-state index contributed by atoms with van der Waals surface area (Å²) in [4.78, 5) is 20.8. The molecule has 0 saturated carbocycles. The van der Waals surface area contributed by atoms with Gasteiger partial charge in [0, 0.05) is 28.7 Å². The summed E-state index contributed by atoms with van der Waals surface area (Å²) in [5.41, 5.74) is 2.59. The number of carbonyl (C=O) groups excluding carboxylic acids is 1. The summed E-state index contributed by atoms with van der Waals surface area (Å²) in [6.07, 6.45) is 3.29. The lowest BCUT2D eigenvalue weighted by atomic mass is 10.1. The number of amides is 1. The van der Waals surface area contributed by atoms with E-state index in [1.165, 1.54) is 0 Å². The first-order valence-corrected chi connectivity index (χ1v) is 7.04. The number of rotatable bonds is 3. The van der Waals surface area contributed by atoms with Crippen LogP contribution >= 0.6 is 11.6 Å². The maximum atomic E-state index is 12.3. The van der Waals surface area contributed by atoms with E-state index in [0.717, 1.165) is 5.69 Å². The van der Waals surface area contributed by atoms with Crippen LogP contribution in [0, 0.1) is 0 Å². The Kier molecular flexibility index (Phi) is 4.12. The third kappa shape index (κ3) is 3.30. The number of nitrogens with zero attached hydrogens (tertiary/aromatic N) is 2. The lowest BCUT2D eigenvalue weighted by molar-refractivity contribution is 0.102. The van der Waals surface area contributed by atoms with Crippen LogP contribution in [0.4, 0.5) is 5.69 Å². The van der Waals surface area contributed by atoms with Gasteiger partial charge in [0.2, 0.25) is 0 Å². The zero-order chi connectivity index (χ0) is 15.4. The molecule has 22 heavy (non-hydrogen) atoms. The van der Waals surface area contributed by atoms with Gasteiger partial charge in [0.05, 0.1) is 11.4 Å². The van der Waals surface area contributed by atoms with Crippen LogP contribution in [0.5, 0.6) is 0 Å². The Bertz CT molecular complexity index is 789. The Morgan fingerprint density at radius 3 is 2.41 bits per heavy atom. The molecule has 0 atom stereocenters. The molecule has 2 heterocycles. The number of halogens is 1. The van der Waals surface area contributed by atoms with Crippen LogP contribution in [0.25, 0.3) is 11.4 Å². The third-order valence-electron chi connectivity index (χ3n) is 3.05. The lowest BCUT2D eigenvalue weighted by Crippen LogP contribution is -2.12. The van der Waals surface area contributed by atoms with Gasteiger partial charge in [0.15, 0.2) is 0 Å². The SMILES string of the molecule is O=C(Nc1ccc(Cl)cc1)c1ccnc(-c2ccccn2)c1. The molecule has 5 heteroatoms. The minimum absolute atomic E-state index is 0.207. The number of aromatic nitrogens is 2. The fourth-order valence-electron chi connectivity index (χ4n) is 1.96. The summed E-state index contributed by atoms with van der Waals surface area (Å²) in [5, 5.41) is 3.44. The van der Waals surface area contributed by atoms with E-state index in [-0.39, 0.29) is 5.91 Å². The summed E-state index contributed by atoms with van der Waals surface area (Å²) in [7, 11) is 0. The van der Waals surface area contributed by atoms with E-state index in [1.54, 1.807) is 48.8 Å². The van der Waals surface area contributed by atoms with Gasteiger partial charge < -0.3 is 5.32 Å². The number of pyridine rings is 2. The van der Waals surface area contributed by atoms with Gasteiger partial charge >= 0.3 is 0 Å². The predicted octanol–water partition coefficient (Wildman–Crippen LogP) is 4.05. The molecular weight excluding hydrogens is 298 g/mol. The number of hydrogen-bond donors (Lipinski definition) is 1. The fourth-order valence-corrected chi connectivity index (χ4v) is 2.09. The second-order valence-corrected chi connectivity index (χ2v) is 5.04. The summed E-state index contributed by atoms with van der Waals surface area (Å²) in [5.74, 6) is -0.207. The van der Waals surface area contributed by atoms with E-state index in [0.29, 0.717) is 22.0 Å². The molecule has 0 aliphatic heterocycles. The Morgan fingerprint density at radius 1 is 0.909 bits per heavy atom. The van der Waals surface area contributed by atoms with Crippen molar-refractivity contribution in [1.82, 2.24) is 9.97 Å². The zero-order valence-corrected chi connectivity index (χ0v) is 12.3. The first kappa shape index (κ1) is 14.2. The Balaban J connectivity index is 1.82. The van der Waals surface area contributed by atoms with Crippen molar-refractivity contribution < 1.29 is 4.79 Å². The molecule has 1 aromatic carbocycles. The number of hydrogen-bond acceptors (Lipinski definition) is 3. The fraction of sp³-hybridized carbons (Fsp3) is 0. The molecule has 0 saturated heterocycles. The summed E-state index contributed by atoms with van der Waals surface area (Å²) < 4.78 is 0. The van der Waals surface area contributed by atoms with E-state index >= 15 is 0 Å². The van der Waals surface area contributed by atoms with Crippen molar-refractivity contribution >= 4 is 23.2 Å². The highest BCUT2D eigenvalue weighted by Gasteiger charge is 2.09. The molecule has 0 bridgehead atoms. The molecule has 1 N–H and O–H groups in total. The summed E-state index contributed by atoms with van der Waals surface area (Å²) in [6, 6.07) is 15.9. The molecule has 2 aromatic heterocycles. The minimum atomic E-state index is -0.207. The second-order valence-electron chi connectivity index (χ2n) is 4.61. The number of carbonyl (C=O) groups is 1. The second kappa shape index (κ2) is 6.37. The zero-order valence-electron chi connectivity index (χ0n) is 11.5. The van der Waals surface area contributed by atoms with Crippen LogP contribution in [0.3, 0.4) is 0 Å². The van der Waals surface area contributed by atoms with Gasteiger partial charge in [-0.05, 0) is 48.5 Å². The Hall–Kier alpha value is -2.72. The molecule has 3 rings (SSSR count). The summed E-state index contributed by atoms with van der Waals surface area (Å²) >= 11 is 5.83. The molecule has 0 unspecified atom stereocenters. The van der Waals surface area contributed by atoms with Crippen molar-refractivity contribution in [3.63, 3.8) is 0 Å². The van der Waals surface area contributed by atoms with Gasteiger partial charge in [0.25, 0.3) is 5.91 Å². The minimum Gasteiger partial charge on any atom is -0.322 e. The first-order chi connectivity index (χ1) is 10.7. The smallest absolute Gasteiger partial charge is 0.255 e. The van der Waals surface area contributed by atoms with Crippen LogP contribution in [0.2, 0.25) is 5.02 Å².